The quantitative estimate of drug-likeness (QED) is 0.781. The van der Waals surface area contributed by atoms with Crippen molar-refractivity contribution in [2.24, 2.45) is 11.7 Å². The topological polar surface area (TPSA) is 46.3 Å². The van der Waals surface area contributed by atoms with Crippen LogP contribution in [0.3, 0.4) is 0 Å². The first-order valence-corrected chi connectivity index (χ1v) is 7.21. The molecule has 0 saturated carbocycles. The van der Waals surface area contributed by atoms with Gasteiger partial charge in [0.2, 0.25) is 5.91 Å². The first kappa shape index (κ1) is 13.8. The van der Waals surface area contributed by atoms with Crippen LogP contribution in [-0.4, -0.2) is 40.4 Å². The molecule has 0 aromatic carbocycles. The van der Waals surface area contributed by atoms with E-state index in [0.717, 1.165) is 12.8 Å². The lowest BCUT2D eigenvalue weighted by molar-refractivity contribution is -0.131. The molecule has 0 aromatic heterocycles. The van der Waals surface area contributed by atoms with Gasteiger partial charge in [0.05, 0.1) is 11.0 Å². The molecule has 3 nitrogen and oxygen atoms in total. The monoisotopic (exact) mass is 260 g/mol. The summed E-state index contributed by atoms with van der Waals surface area (Å²) in [6, 6.07) is -0.138. The van der Waals surface area contributed by atoms with Crippen molar-refractivity contribution in [3.05, 3.63) is 0 Å². The Kier molecular flexibility index (Phi) is 5.55. The van der Waals surface area contributed by atoms with Crippen LogP contribution >= 0.6 is 24.0 Å². The minimum absolute atomic E-state index is 0.138. The van der Waals surface area contributed by atoms with Gasteiger partial charge in [-0.15, -0.1) is 0 Å². The Hall–Kier alpha value is -0.290. The summed E-state index contributed by atoms with van der Waals surface area (Å²) in [4.78, 5) is 14.0. The molecule has 0 spiro atoms. The van der Waals surface area contributed by atoms with Crippen molar-refractivity contribution in [2.45, 2.75) is 32.2 Å². The zero-order valence-corrected chi connectivity index (χ0v) is 11.6. The number of carbonyl (C=O) groups excluding carboxylic acids is 1. The molecule has 1 amide bonds. The molecule has 0 aliphatic carbocycles. The van der Waals surface area contributed by atoms with Crippen molar-refractivity contribution in [1.29, 1.82) is 0 Å². The lowest BCUT2D eigenvalue weighted by atomic mass is 9.98. The Morgan fingerprint density at radius 3 is 2.62 bits per heavy atom. The van der Waals surface area contributed by atoms with Crippen LogP contribution in [0.25, 0.3) is 0 Å². The molecular weight excluding hydrogens is 240 g/mol. The molecule has 1 unspecified atom stereocenters. The van der Waals surface area contributed by atoms with Gasteiger partial charge in [0.25, 0.3) is 0 Å². The molecule has 1 rings (SSSR count). The molecule has 1 aliphatic rings. The van der Waals surface area contributed by atoms with E-state index in [0.29, 0.717) is 17.3 Å². The number of thioether (sulfide) groups is 1. The number of hydrogen-bond acceptors (Lipinski definition) is 3. The van der Waals surface area contributed by atoms with Crippen LogP contribution in [0.15, 0.2) is 0 Å². The lowest BCUT2D eigenvalue weighted by Gasteiger charge is -2.27. The highest BCUT2D eigenvalue weighted by Crippen LogP contribution is 2.25. The Labute approximate surface area is 107 Å². The molecule has 1 atom stereocenters. The zero-order chi connectivity index (χ0) is 12.1. The Bertz CT molecular complexity index is 265. The molecular formula is C11H20N2OS2. The average Bonchev–Trinajstić information content (AvgIpc) is 2.28. The maximum Gasteiger partial charge on any atom is 0.223 e. The van der Waals surface area contributed by atoms with E-state index in [-0.39, 0.29) is 11.9 Å². The average molecular weight is 260 g/mol. The second-order valence-electron chi connectivity index (χ2n) is 4.34. The van der Waals surface area contributed by atoms with E-state index in [2.05, 4.69) is 0 Å². The maximum atomic E-state index is 12.0. The van der Waals surface area contributed by atoms with Gasteiger partial charge in [0, 0.05) is 13.5 Å². The molecule has 1 fully saturated rings. The SMILES string of the molecule is CC(C(N)=S)N(C)C(=O)CC1CCSCC1. The van der Waals surface area contributed by atoms with Gasteiger partial charge in [-0.2, -0.15) is 11.8 Å². The van der Waals surface area contributed by atoms with Crippen LogP contribution in [0.5, 0.6) is 0 Å². The van der Waals surface area contributed by atoms with Gasteiger partial charge in [-0.1, -0.05) is 12.2 Å². The molecule has 0 bridgehead atoms. The molecule has 92 valence electrons. The first-order chi connectivity index (χ1) is 7.52. The number of hydrogen-bond donors (Lipinski definition) is 1. The van der Waals surface area contributed by atoms with E-state index in [1.165, 1.54) is 11.5 Å². The van der Waals surface area contributed by atoms with Crippen LogP contribution in [0, 0.1) is 5.92 Å². The van der Waals surface area contributed by atoms with E-state index in [9.17, 15) is 4.79 Å². The summed E-state index contributed by atoms with van der Waals surface area (Å²) in [7, 11) is 1.78. The Morgan fingerprint density at radius 2 is 2.12 bits per heavy atom. The van der Waals surface area contributed by atoms with Gasteiger partial charge in [0.1, 0.15) is 0 Å². The fraction of sp³-hybridized carbons (Fsp3) is 0.818. The number of amides is 1. The summed E-state index contributed by atoms with van der Waals surface area (Å²) < 4.78 is 0. The highest BCUT2D eigenvalue weighted by atomic mass is 32.2. The third kappa shape index (κ3) is 3.94. The van der Waals surface area contributed by atoms with E-state index >= 15 is 0 Å². The second-order valence-corrected chi connectivity index (χ2v) is 6.04. The number of nitrogens with two attached hydrogens (primary N) is 1. The highest BCUT2D eigenvalue weighted by Gasteiger charge is 2.22. The zero-order valence-electron chi connectivity index (χ0n) is 9.94. The van der Waals surface area contributed by atoms with Gasteiger partial charge < -0.3 is 10.6 Å². The summed E-state index contributed by atoms with van der Waals surface area (Å²) in [5, 5.41) is 0. The summed E-state index contributed by atoms with van der Waals surface area (Å²) in [6.45, 7) is 1.87. The van der Waals surface area contributed by atoms with Crippen LogP contribution in [0.4, 0.5) is 0 Å². The van der Waals surface area contributed by atoms with Crippen molar-refractivity contribution in [2.75, 3.05) is 18.6 Å². The molecule has 0 radical (unpaired) electrons. The van der Waals surface area contributed by atoms with Crippen molar-refractivity contribution >= 4 is 34.9 Å². The van der Waals surface area contributed by atoms with Gasteiger partial charge in [-0.25, -0.2) is 0 Å². The van der Waals surface area contributed by atoms with E-state index in [4.69, 9.17) is 18.0 Å². The number of rotatable bonds is 4. The van der Waals surface area contributed by atoms with Gasteiger partial charge in [-0.05, 0) is 37.2 Å². The minimum Gasteiger partial charge on any atom is -0.392 e. The van der Waals surface area contributed by atoms with Crippen LogP contribution in [0.2, 0.25) is 0 Å². The highest BCUT2D eigenvalue weighted by molar-refractivity contribution is 7.99. The van der Waals surface area contributed by atoms with Crippen molar-refractivity contribution < 1.29 is 4.79 Å². The Balaban J connectivity index is 2.41. The van der Waals surface area contributed by atoms with Crippen molar-refractivity contribution in [1.82, 2.24) is 4.90 Å². The molecule has 0 aromatic rings. The summed E-state index contributed by atoms with van der Waals surface area (Å²) in [5.41, 5.74) is 5.54. The van der Waals surface area contributed by atoms with Crippen LogP contribution in [0.1, 0.15) is 26.2 Å². The van der Waals surface area contributed by atoms with Gasteiger partial charge >= 0.3 is 0 Å². The van der Waals surface area contributed by atoms with E-state index in [1.807, 2.05) is 18.7 Å². The van der Waals surface area contributed by atoms with Crippen LogP contribution < -0.4 is 5.73 Å². The summed E-state index contributed by atoms with van der Waals surface area (Å²) >= 11 is 6.88. The van der Waals surface area contributed by atoms with Gasteiger partial charge in [0.15, 0.2) is 0 Å². The summed E-state index contributed by atoms with van der Waals surface area (Å²) in [5.74, 6) is 3.09. The smallest absolute Gasteiger partial charge is 0.223 e. The molecule has 5 heteroatoms. The maximum absolute atomic E-state index is 12.0. The van der Waals surface area contributed by atoms with E-state index < -0.39 is 0 Å². The fourth-order valence-corrected chi connectivity index (χ4v) is 3.11. The first-order valence-electron chi connectivity index (χ1n) is 5.65. The second kappa shape index (κ2) is 6.45. The van der Waals surface area contributed by atoms with Crippen LogP contribution in [-0.2, 0) is 4.79 Å². The Morgan fingerprint density at radius 1 is 1.56 bits per heavy atom. The number of nitrogens with zero attached hydrogens (tertiary/aromatic N) is 1. The third-order valence-corrected chi connectivity index (χ3v) is 4.58. The normalized spacial score (nSPS) is 19.1. The molecule has 16 heavy (non-hydrogen) atoms. The van der Waals surface area contributed by atoms with Crippen molar-refractivity contribution in [3.63, 3.8) is 0 Å². The number of likely N-dealkylation sites (N-methyl/N-ethyl adjacent to an activating group) is 1. The number of carbonyl (C=O) groups is 1. The van der Waals surface area contributed by atoms with Crippen molar-refractivity contribution in [3.8, 4) is 0 Å². The minimum atomic E-state index is -0.138. The number of thiocarbonyl (C=S) groups is 1. The molecule has 1 saturated heterocycles. The standard InChI is InChI=1S/C11H20N2OS2/c1-8(11(12)15)13(2)10(14)7-9-3-5-16-6-4-9/h8-9H,3-7H2,1-2H3,(H2,12,15). The van der Waals surface area contributed by atoms with E-state index in [1.54, 1.807) is 11.9 Å². The predicted molar refractivity (Wildman–Crippen MR) is 73.7 cm³/mol. The molecule has 1 heterocycles. The molecule has 2 N–H and O–H groups in total. The lowest BCUT2D eigenvalue weighted by Crippen LogP contribution is -2.43. The third-order valence-electron chi connectivity index (χ3n) is 3.19. The predicted octanol–water partition coefficient (Wildman–Crippen LogP) is 1.65. The molecule has 1 aliphatic heterocycles. The fourth-order valence-electron chi connectivity index (χ4n) is 1.75. The van der Waals surface area contributed by atoms with Gasteiger partial charge in [-0.3, -0.25) is 4.79 Å². The largest absolute Gasteiger partial charge is 0.392 e. The summed E-state index contributed by atoms with van der Waals surface area (Å²) in [6.07, 6.45) is 2.96.